The van der Waals surface area contributed by atoms with Crippen molar-refractivity contribution >= 4 is 5.69 Å². The molecule has 1 heterocycles. The summed E-state index contributed by atoms with van der Waals surface area (Å²) in [6, 6.07) is 4.57. The topological polar surface area (TPSA) is 134 Å². The van der Waals surface area contributed by atoms with E-state index in [-0.39, 0.29) is 29.1 Å². The molecule has 0 amide bonds. The number of tetrazole rings is 1. The van der Waals surface area contributed by atoms with E-state index in [9.17, 15) is 10.1 Å². The van der Waals surface area contributed by atoms with Gasteiger partial charge in [0.25, 0.3) is 0 Å². The molecule has 29 heavy (non-hydrogen) atoms. The van der Waals surface area contributed by atoms with Crippen LogP contribution in [0.5, 0.6) is 5.75 Å². The lowest BCUT2D eigenvalue weighted by atomic mass is 9.89. The summed E-state index contributed by atoms with van der Waals surface area (Å²) in [5.74, 6) is 0.803. The maximum Gasteiger partial charge on any atom is 0.311 e. The van der Waals surface area contributed by atoms with Gasteiger partial charge in [-0.2, -0.15) is 0 Å². The smallest absolute Gasteiger partial charge is 0.311 e. The standard InChI is InChI=1S/C19H29N7O3/c1-19(2,3)25-18(22-23-24-25)17(21-14-8-6-5-7-13(14)20)12-9-10-16(29-4)15(11-12)26(27)28/h9-11,13-14,17,21H,5-8,20H2,1-4H3. The molecule has 3 rings (SSSR count). The van der Waals surface area contributed by atoms with Crippen molar-refractivity contribution in [2.24, 2.45) is 5.73 Å². The normalized spacial score (nSPS) is 21.0. The SMILES string of the molecule is COc1ccc(C(NC2CCCCC2N)c2nnnn2C(C)(C)C)cc1[N+](=O)[O-]. The number of methoxy groups -OCH3 is 1. The Morgan fingerprint density at radius 3 is 2.69 bits per heavy atom. The zero-order valence-corrected chi connectivity index (χ0v) is 17.3. The molecule has 1 aromatic carbocycles. The van der Waals surface area contributed by atoms with Crippen LogP contribution in [0.3, 0.4) is 0 Å². The van der Waals surface area contributed by atoms with Crippen molar-refractivity contribution in [2.45, 2.75) is 70.1 Å². The molecule has 0 spiro atoms. The lowest BCUT2D eigenvalue weighted by Gasteiger charge is -2.33. The molecule has 0 aliphatic heterocycles. The number of nitrogens with zero attached hydrogens (tertiary/aromatic N) is 5. The van der Waals surface area contributed by atoms with Gasteiger partial charge in [0.1, 0.15) is 0 Å². The van der Waals surface area contributed by atoms with E-state index in [0.717, 1.165) is 25.7 Å². The first kappa shape index (κ1) is 21.1. The Morgan fingerprint density at radius 1 is 1.34 bits per heavy atom. The number of nitro benzene ring substituents is 1. The fraction of sp³-hybridized carbons (Fsp3) is 0.632. The molecule has 1 aromatic heterocycles. The molecule has 2 aromatic rings. The number of nitrogens with two attached hydrogens (primary N) is 1. The summed E-state index contributed by atoms with van der Waals surface area (Å²) >= 11 is 0. The second kappa shape index (κ2) is 8.42. The van der Waals surface area contributed by atoms with E-state index in [4.69, 9.17) is 10.5 Å². The molecule has 3 unspecified atom stereocenters. The molecule has 10 heteroatoms. The minimum absolute atomic E-state index is 0.0125. The van der Waals surface area contributed by atoms with Crippen molar-refractivity contribution in [3.8, 4) is 5.75 Å². The number of nitro groups is 1. The fourth-order valence-electron chi connectivity index (χ4n) is 3.78. The van der Waals surface area contributed by atoms with Gasteiger partial charge < -0.3 is 10.5 Å². The van der Waals surface area contributed by atoms with E-state index in [2.05, 4.69) is 20.8 Å². The van der Waals surface area contributed by atoms with E-state index in [0.29, 0.717) is 11.4 Å². The molecular weight excluding hydrogens is 374 g/mol. The Hall–Kier alpha value is -2.59. The van der Waals surface area contributed by atoms with Crippen LogP contribution >= 0.6 is 0 Å². The second-order valence-electron chi connectivity index (χ2n) is 8.46. The van der Waals surface area contributed by atoms with Crippen molar-refractivity contribution in [3.63, 3.8) is 0 Å². The van der Waals surface area contributed by atoms with Crippen LogP contribution in [0.1, 0.15) is 63.9 Å². The first-order valence-electron chi connectivity index (χ1n) is 9.85. The van der Waals surface area contributed by atoms with Crippen LogP contribution < -0.4 is 15.8 Å². The highest BCUT2D eigenvalue weighted by molar-refractivity contribution is 5.50. The van der Waals surface area contributed by atoms with E-state index >= 15 is 0 Å². The van der Waals surface area contributed by atoms with Gasteiger partial charge in [0.05, 0.1) is 23.6 Å². The van der Waals surface area contributed by atoms with Gasteiger partial charge in [0.2, 0.25) is 0 Å². The number of ether oxygens (including phenoxy) is 1. The van der Waals surface area contributed by atoms with Gasteiger partial charge in [-0.1, -0.05) is 18.9 Å². The Morgan fingerprint density at radius 2 is 2.07 bits per heavy atom. The highest BCUT2D eigenvalue weighted by Gasteiger charge is 2.32. The van der Waals surface area contributed by atoms with Gasteiger partial charge in [0.15, 0.2) is 11.6 Å². The van der Waals surface area contributed by atoms with Gasteiger partial charge in [-0.05, 0) is 55.7 Å². The summed E-state index contributed by atoms with van der Waals surface area (Å²) in [6.45, 7) is 6.02. The molecule has 1 saturated carbocycles. The average molecular weight is 403 g/mol. The maximum absolute atomic E-state index is 11.5. The van der Waals surface area contributed by atoms with Gasteiger partial charge in [0, 0.05) is 18.2 Å². The van der Waals surface area contributed by atoms with Crippen LogP contribution in [-0.2, 0) is 5.54 Å². The number of benzene rings is 1. The van der Waals surface area contributed by atoms with Crippen molar-refractivity contribution in [2.75, 3.05) is 7.11 Å². The summed E-state index contributed by atoms with van der Waals surface area (Å²) in [5.41, 5.74) is 6.59. The van der Waals surface area contributed by atoms with Gasteiger partial charge in [-0.3, -0.25) is 15.4 Å². The quantitative estimate of drug-likeness (QED) is 0.554. The summed E-state index contributed by atoms with van der Waals surface area (Å²) in [5, 5.41) is 27.4. The molecule has 1 aliphatic rings. The average Bonchev–Trinajstić information content (AvgIpc) is 3.17. The third kappa shape index (κ3) is 4.54. The molecule has 3 N–H and O–H groups in total. The molecule has 10 nitrogen and oxygen atoms in total. The van der Waals surface area contributed by atoms with Crippen LogP contribution in [0, 0.1) is 10.1 Å². The van der Waals surface area contributed by atoms with Crippen LogP contribution in [0.25, 0.3) is 0 Å². The number of hydrogen-bond acceptors (Lipinski definition) is 8. The van der Waals surface area contributed by atoms with Crippen molar-refractivity contribution in [1.82, 2.24) is 25.5 Å². The van der Waals surface area contributed by atoms with E-state index in [1.165, 1.54) is 13.2 Å². The van der Waals surface area contributed by atoms with Crippen molar-refractivity contribution < 1.29 is 9.66 Å². The van der Waals surface area contributed by atoms with Crippen LogP contribution in [-0.4, -0.2) is 44.3 Å². The van der Waals surface area contributed by atoms with Crippen LogP contribution in [0.4, 0.5) is 5.69 Å². The van der Waals surface area contributed by atoms with Gasteiger partial charge in [-0.15, -0.1) is 5.10 Å². The minimum Gasteiger partial charge on any atom is -0.490 e. The number of hydrogen-bond donors (Lipinski definition) is 2. The first-order valence-corrected chi connectivity index (χ1v) is 9.85. The van der Waals surface area contributed by atoms with E-state index in [1.807, 2.05) is 20.8 Å². The highest BCUT2D eigenvalue weighted by Crippen LogP contribution is 2.33. The van der Waals surface area contributed by atoms with Crippen molar-refractivity contribution in [3.05, 3.63) is 39.7 Å². The zero-order valence-electron chi connectivity index (χ0n) is 17.3. The lowest BCUT2D eigenvalue weighted by molar-refractivity contribution is -0.385. The summed E-state index contributed by atoms with van der Waals surface area (Å²) < 4.78 is 6.89. The predicted molar refractivity (Wildman–Crippen MR) is 108 cm³/mol. The highest BCUT2D eigenvalue weighted by atomic mass is 16.6. The third-order valence-electron chi connectivity index (χ3n) is 5.32. The zero-order chi connectivity index (χ0) is 21.2. The molecule has 0 radical (unpaired) electrons. The molecule has 158 valence electrons. The largest absolute Gasteiger partial charge is 0.490 e. The minimum atomic E-state index is -0.446. The third-order valence-corrected chi connectivity index (χ3v) is 5.32. The predicted octanol–water partition coefficient (Wildman–Crippen LogP) is 2.29. The Kier molecular flexibility index (Phi) is 6.13. The van der Waals surface area contributed by atoms with Gasteiger partial charge >= 0.3 is 5.69 Å². The number of rotatable bonds is 6. The number of aromatic nitrogens is 4. The summed E-state index contributed by atoms with van der Waals surface area (Å²) in [7, 11) is 1.42. The first-order chi connectivity index (χ1) is 13.7. The lowest BCUT2D eigenvalue weighted by Crippen LogP contribution is -2.49. The van der Waals surface area contributed by atoms with E-state index < -0.39 is 11.0 Å². The molecular formula is C19H29N7O3. The molecule has 0 saturated heterocycles. The molecule has 3 atom stereocenters. The van der Waals surface area contributed by atoms with E-state index in [1.54, 1.807) is 16.8 Å². The second-order valence-corrected chi connectivity index (χ2v) is 8.46. The monoisotopic (exact) mass is 403 g/mol. The maximum atomic E-state index is 11.5. The molecule has 1 fully saturated rings. The van der Waals surface area contributed by atoms with Crippen LogP contribution in [0.2, 0.25) is 0 Å². The molecule has 0 bridgehead atoms. The fourth-order valence-corrected chi connectivity index (χ4v) is 3.78. The van der Waals surface area contributed by atoms with Crippen LogP contribution in [0.15, 0.2) is 18.2 Å². The Balaban J connectivity index is 2.07. The summed E-state index contributed by atoms with van der Waals surface area (Å²) in [4.78, 5) is 11.1. The Bertz CT molecular complexity index is 862. The Labute approximate surface area is 170 Å². The van der Waals surface area contributed by atoms with Gasteiger partial charge in [-0.25, -0.2) is 4.68 Å². The summed E-state index contributed by atoms with van der Waals surface area (Å²) in [6.07, 6.45) is 4.08. The molecule has 1 aliphatic carbocycles. The number of nitrogens with one attached hydrogen (secondary N) is 1. The van der Waals surface area contributed by atoms with Crippen molar-refractivity contribution in [1.29, 1.82) is 0 Å².